The summed E-state index contributed by atoms with van der Waals surface area (Å²) in [6.07, 6.45) is 4.62. The first kappa shape index (κ1) is 17.4. The van der Waals surface area contributed by atoms with Crippen LogP contribution in [0.1, 0.15) is 39.0 Å². The van der Waals surface area contributed by atoms with Crippen LogP contribution in [-0.4, -0.2) is 57.4 Å². The van der Waals surface area contributed by atoms with Crippen LogP contribution in [0.4, 0.5) is 0 Å². The minimum absolute atomic E-state index is 0.139. The fourth-order valence-corrected chi connectivity index (χ4v) is 4.02. The van der Waals surface area contributed by atoms with Gasteiger partial charge < -0.3 is 10.2 Å². The van der Waals surface area contributed by atoms with Crippen LogP contribution >= 0.6 is 0 Å². The van der Waals surface area contributed by atoms with Crippen molar-refractivity contribution < 1.29 is 13.2 Å². The fraction of sp³-hybridized carbons (Fsp3) is 0.929. The molecule has 0 aromatic rings. The van der Waals surface area contributed by atoms with E-state index in [1.807, 2.05) is 14.0 Å². The van der Waals surface area contributed by atoms with E-state index in [1.54, 1.807) is 4.90 Å². The maximum Gasteiger partial charge on any atom is 0.237 e. The molecule has 0 saturated carbocycles. The number of amides is 1. The molecule has 0 aliphatic carbocycles. The predicted octanol–water partition coefficient (Wildman–Crippen LogP) is 1.05. The van der Waals surface area contributed by atoms with E-state index in [-0.39, 0.29) is 17.4 Å². The number of rotatable bonds is 8. The molecule has 1 unspecified atom stereocenters. The molecule has 20 heavy (non-hydrogen) atoms. The lowest BCUT2D eigenvalue weighted by molar-refractivity contribution is -0.130. The molecule has 0 aromatic carbocycles. The SMILES string of the molecule is CCCCCS(=O)(=O)CC(=O)N1CCCC(CNC)C1. The number of nitrogens with one attached hydrogen (secondary N) is 1. The summed E-state index contributed by atoms with van der Waals surface area (Å²) in [6, 6.07) is 0. The maximum atomic E-state index is 12.1. The van der Waals surface area contributed by atoms with Gasteiger partial charge in [0.05, 0.1) is 5.75 Å². The molecule has 0 bridgehead atoms. The number of piperidine rings is 1. The number of likely N-dealkylation sites (tertiary alicyclic amines) is 1. The number of sulfone groups is 1. The van der Waals surface area contributed by atoms with Crippen molar-refractivity contribution in [1.29, 1.82) is 0 Å². The molecule has 6 heteroatoms. The molecule has 1 atom stereocenters. The molecule has 118 valence electrons. The average molecular weight is 304 g/mol. The van der Waals surface area contributed by atoms with Gasteiger partial charge in [0.15, 0.2) is 9.84 Å². The van der Waals surface area contributed by atoms with Crippen LogP contribution < -0.4 is 5.32 Å². The third-order valence-electron chi connectivity index (χ3n) is 3.77. The van der Waals surface area contributed by atoms with Crippen molar-refractivity contribution in [2.45, 2.75) is 39.0 Å². The van der Waals surface area contributed by atoms with Gasteiger partial charge in [-0.25, -0.2) is 8.42 Å². The summed E-state index contributed by atoms with van der Waals surface area (Å²) in [5, 5.41) is 3.12. The van der Waals surface area contributed by atoms with E-state index in [4.69, 9.17) is 0 Å². The molecule has 1 heterocycles. The molecule has 5 nitrogen and oxygen atoms in total. The second-order valence-corrected chi connectivity index (χ2v) is 7.89. The van der Waals surface area contributed by atoms with Crippen molar-refractivity contribution in [1.82, 2.24) is 10.2 Å². The summed E-state index contributed by atoms with van der Waals surface area (Å²) in [5.74, 6) is 0.0476. The molecule has 1 amide bonds. The first-order valence-electron chi connectivity index (χ1n) is 7.61. The van der Waals surface area contributed by atoms with E-state index >= 15 is 0 Å². The van der Waals surface area contributed by atoms with Crippen molar-refractivity contribution in [3.8, 4) is 0 Å². The standard InChI is InChI=1S/C14H28N2O3S/c1-3-4-5-9-20(18,19)12-14(17)16-8-6-7-13(11-16)10-15-2/h13,15H,3-12H2,1-2H3. The Morgan fingerprint density at radius 3 is 2.75 bits per heavy atom. The third kappa shape index (κ3) is 6.22. The first-order valence-corrected chi connectivity index (χ1v) is 9.43. The summed E-state index contributed by atoms with van der Waals surface area (Å²) >= 11 is 0. The maximum absolute atomic E-state index is 12.1. The van der Waals surface area contributed by atoms with Crippen LogP contribution in [0.2, 0.25) is 0 Å². The second-order valence-electron chi connectivity index (χ2n) is 5.70. The van der Waals surface area contributed by atoms with Gasteiger partial charge in [0, 0.05) is 13.1 Å². The molecule has 1 saturated heterocycles. The number of hydrogen-bond acceptors (Lipinski definition) is 4. The lowest BCUT2D eigenvalue weighted by Crippen LogP contribution is -2.44. The summed E-state index contributed by atoms with van der Waals surface area (Å²) in [4.78, 5) is 13.8. The van der Waals surface area contributed by atoms with Gasteiger partial charge in [-0.05, 0) is 38.8 Å². The molecular weight excluding hydrogens is 276 g/mol. The van der Waals surface area contributed by atoms with Crippen LogP contribution in [0.5, 0.6) is 0 Å². The van der Waals surface area contributed by atoms with Gasteiger partial charge in [-0.15, -0.1) is 0 Å². The van der Waals surface area contributed by atoms with Gasteiger partial charge >= 0.3 is 0 Å². The molecule has 1 N–H and O–H groups in total. The summed E-state index contributed by atoms with van der Waals surface area (Å²) < 4.78 is 23.8. The van der Waals surface area contributed by atoms with Gasteiger partial charge in [-0.3, -0.25) is 4.79 Å². The van der Waals surface area contributed by atoms with Crippen LogP contribution in [-0.2, 0) is 14.6 Å². The Labute approximate surface area is 123 Å². The number of unbranched alkanes of at least 4 members (excludes halogenated alkanes) is 2. The molecule has 1 rings (SSSR count). The van der Waals surface area contributed by atoms with Crippen molar-refractivity contribution in [3.05, 3.63) is 0 Å². The minimum atomic E-state index is -3.24. The number of carbonyl (C=O) groups excluding carboxylic acids is 1. The highest BCUT2D eigenvalue weighted by Crippen LogP contribution is 2.16. The third-order valence-corrected chi connectivity index (χ3v) is 5.36. The molecular formula is C14H28N2O3S. The molecule has 1 aliphatic rings. The minimum Gasteiger partial charge on any atom is -0.341 e. The van der Waals surface area contributed by atoms with E-state index in [1.165, 1.54) is 0 Å². The van der Waals surface area contributed by atoms with E-state index in [0.29, 0.717) is 25.4 Å². The van der Waals surface area contributed by atoms with Gasteiger partial charge in [-0.2, -0.15) is 0 Å². The highest BCUT2D eigenvalue weighted by atomic mass is 32.2. The van der Waals surface area contributed by atoms with E-state index < -0.39 is 9.84 Å². The second kappa shape index (κ2) is 8.62. The number of carbonyl (C=O) groups is 1. The molecule has 0 spiro atoms. The van der Waals surface area contributed by atoms with Crippen molar-refractivity contribution in [2.75, 3.05) is 38.2 Å². The average Bonchev–Trinajstić information content (AvgIpc) is 2.39. The van der Waals surface area contributed by atoms with Gasteiger partial charge in [0.2, 0.25) is 5.91 Å². The van der Waals surface area contributed by atoms with E-state index in [2.05, 4.69) is 5.32 Å². The van der Waals surface area contributed by atoms with Crippen LogP contribution in [0.25, 0.3) is 0 Å². The van der Waals surface area contributed by atoms with E-state index in [9.17, 15) is 13.2 Å². The van der Waals surface area contributed by atoms with Crippen molar-refractivity contribution in [3.63, 3.8) is 0 Å². The van der Waals surface area contributed by atoms with Crippen LogP contribution in [0.3, 0.4) is 0 Å². The van der Waals surface area contributed by atoms with Gasteiger partial charge in [-0.1, -0.05) is 19.8 Å². The molecule has 1 aliphatic heterocycles. The van der Waals surface area contributed by atoms with E-state index in [0.717, 1.165) is 32.2 Å². The molecule has 0 radical (unpaired) electrons. The molecule has 0 aromatic heterocycles. The highest BCUT2D eigenvalue weighted by Gasteiger charge is 2.26. The van der Waals surface area contributed by atoms with Crippen LogP contribution in [0, 0.1) is 5.92 Å². The first-order chi connectivity index (χ1) is 9.48. The smallest absolute Gasteiger partial charge is 0.237 e. The lowest BCUT2D eigenvalue weighted by Gasteiger charge is -2.32. The van der Waals surface area contributed by atoms with Crippen LogP contribution in [0.15, 0.2) is 0 Å². The highest BCUT2D eigenvalue weighted by molar-refractivity contribution is 7.92. The summed E-state index contributed by atoms with van der Waals surface area (Å²) in [7, 11) is -1.34. The Kier molecular flexibility index (Phi) is 7.51. The topological polar surface area (TPSA) is 66.5 Å². The fourth-order valence-electron chi connectivity index (χ4n) is 2.67. The van der Waals surface area contributed by atoms with Gasteiger partial charge in [0.1, 0.15) is 5.75 Å². The largest absolute Gasteiger partial charge is 0.341 e. The Balaban J connectivity index is 2.44. The summed E-state index contributed by atoms with van der Waals surface area (Å²) in [5.41, 5.74) is 0. The predicted molar refractivity (Wildman–Crippen MR) is 81.4 cm³/mol. The Bertz CT molecular complexity index is 393. The zero-order valence-corrected chi connectivity index (χ0v) is 13.5. The Morgan fingerprint density at radius 2 is 2.10 bits per heavy atom. The number of nitrogens with zero attached hydrogens (tertiary/aromatic N) is 1. The lowest BCUT2D eigenvalue weighted by atomic mass is 9.98. The summed E-state index contributed by atoms with van der Waals surface area (Å²) in [6.45, 7) is 4.30. The zero-order valence-electron chi connectivity index (χ0n) is 12.7. The quantitative estimate of drug-likeness (QED) is 0.681. The Hall–Kier alpha value is -0.620. The molecule has 1 fully saturated rings. The van der Waals surface area contributed by atoms with Gasteiger partial charge in [0.25, 0.3) is 0 Å². The monoisotopic (exact) mass is 304 g/mol. The normalized spacial score (nSPS) is 20.1. The Morgan fingerprint density at radius 1 is 1.35 bits per heavy atom. The van der Waals surface area contributed by atoms with Crippen molar-refractivity contribution in [2.24, 2.45) is 5.92 Å². The van der Waals surface area contributed by atoms with Crippen molar-refractivity contribution >= 4 is 15.7 Å². The number of hydrogen-bond donors (Lipinski definition) is 1. The zero-order chi connectivity index (χ0) is 15.0.